The van der Waals surface area contributed by atoms with Gasteiger partial charge in [0.25, 0.3) is 0 Å². The molecule has 0 aromatic heterocycles. The number of aliphatic hydroxyl groups excluding tert-OH is 2. The van der Waals surface area contributed by atoms with E-state index in [4.69, 9.17) is 14.2 Å². The molecule has 0 radical (unpaired) electrons. The molecule has 1 aliphatic carbocycles. The Kier molecular flexibility index (Phi) is 14.1. The van der Waals surface area contributed by atoms with Gasteiger partial charge in [0.15, 0.2) is 0 Å². The standard InChI is InChI=1S/C30H44N2O7/c33-21-25-19-24(12-13-28(25)34)29(35)20-31-14-5-1-2-6-15-37-16-17-38-22-23-8-7-9-26(18-23)32-30(36)39-27-10-3-4-11-27/h7-9,12-13,18-19,27,29,31,33-35H,1-6,10-11,14-17,20-22H2,(H,32,36)/t29-/m0/s1. The van der Waals surface area contributed by atoms with Crippen LogP contribution in [0.2, 0.25) is 0 Å². The highest BCUT2D eigenvalue weighted by atomic mass is 16.6. The van der Waals surface area contributed by atoms with Gasteiger partial charge in [-0.15, -0.1) is 0 Å². The van der Waals surface area contributed by atoms with Crippen LogP contribution in [0.25, 0.3) is 0 Å². The Hall–Kier alpha value is -2.69. The fourth-order valence-electron chi connectivity index (χ4n) is 4.56. The molecule has 216 valence electrons. The number of hydrogen-bond acceptors (Lipinski definition) is 8. The van der Waals surface area contributed by atoms with Gasteiger partial charge in [0.2, 0.25) is 0 Å². The molecule has 39 heavy (non-hydrogen) atoms. The second-order valence-corrected chi connectivity index (χ2v) is 9.98. The minimum atomic E-state index is -0.683. The van der Waals surface area contributed by atoms with E-state index < -0.39 is 12.2 Å². The van der Waals surface area contributed by atoms with Crippen LogP contribution < -0.4 is 10.6 Å². The van der Waals surface area contributed by atoms with Crippen LogP contribution in [0.15, 0.2) is 42.5 Å². The summed E-state index contributed by atoms with van der Waals surface area (Å²) in [6.45, 7) is 3.18. The SMILES string of the molecule is O=C(Nc1cccc(COCCOCCCCCCNC[C@H](O)c2ccc(O)c(CO)c2)c1)OC1CCCC1. The molecular weight excluding hydrogens is 500 g/mol. The number of unbranched alkanes of at least 4 members (excludes halogenated alkanes) is 3. The number of aliphatic hydroxyl groups is 2. The Balaban J connectivity index is 1.13. The van der Waals surface area contributed by atoms with E-state index in [1.807, 2.05) is 24.3 Å². The Labute approximate surface area is 231 Å². The Morgan fingerprint density at radius 3 is 2.59 bits per heavy atom. The summed E-state index contributed by atoms with van der Waals surface area (Å²) in [6, 6.07) is 12.4. The first-order valence-corrected chi connectivity index (χ1v) is 14.1. The molecule has 1 atom stereocenters. The molecule has 2 aromatic carbocycles. The van der Waals surface area contributed by atoms with Crippen LogP contribution in [-0.4, -0.2) is 60.4 Å². The largest absolute Gasteiger partial charge is 0.508 e. The Morgan fingerprint density at radius 1 is 0.974 bits per heavy atom. The fraction of sp³-hybridized carbons (Fsp3) is 0.567. The summed E-state index contributed by atoms with van der Waals surface area (Å²) in [7, 11) is 0. The summed E-state index contributed by atoms with van der Waals surface area (Å²) in [6.07, 6.45) is 7.26. The molecule has 0 unspecified atom stereocenters. The maximum Gasteiger partial charge on any atom is 0.411 e. The fourth-order valence-corrected chi connectivity index (χ4v) is 4.56. The predicted molar refractivity (Wildman–Crippen MR) is 150 cm³/mol. The molecule has 3 rings (SSSR count). The number of hydrogen-bond donors (Lipinski definition) is 5. The summed E-state index contributed by atoms with van der Waals surface area (Å²) in [5.74, 6) is 0.0345. The van der Waals surface area contributed by atoms with Crippen molar-refractivity contribution in [3.05, 3.63) is 59.2 Å². The van der Waals surface area contributed by atoms with Crippen molar-refractivity contribution in [1.82, 2.24) is 5.32 Å². The number of ether oxygens (including phenoxy) is 3. The average Bonchev–Trinajstić information content (AvgIpc) is 3.44. The summed E-state index contributed by atoms with van der Waals surface area (Å²) >= 11 is 0. The highest BCUT2D eigenvalue weighted by Crippen LogP contribution is 2.23. The molecule has 5 N–H and O–H groups in total. The lowest BCUT2D eigenvalue weighted by Crippen LogP contribution is -2.22. The number of amides is 1. The normalized spacial score (nSPS) is 14.4. The number of carbonyl (C=O) groups is 1. The number of anilines is 1. The topological polar surface area (TPSA) is 130 Å². The number of benzene rings is 2. The van der Waals surface area contributed by atoms with Crippen LogP contribution in [0.5, 0.6) is 5.75 Å². The first-order chi connectivity index (χ1) is 19.0. The molecule has 1 aliphatic rings. The van der Waals surface area contributed by atoms with E-state index in [0.29, 0.717) is 49.8 Å². The summed E-state index contributed by atoms with van der Waals surface area (Å²) < 4.78 is 16.8. The van der Waals surface area contributed by atoms with Crippen LogP contribution in [0.1, 0.15) is 74.2 Å². The van der Waals surface area contributed by atoms with E-state index in [1.165, 1.54) is 6.07 Å². The molecule has 1 saturated carbocycles. The molecule has 9 nitrogen and oxygen atoms in total. The average molecular weight is 545 g/mol. The van der Waals surface area contributed by atoms with E-state index in [0.717, 1.165) is 63.5 Å². The molecule has 1 fully saturated rings. The first-order valence-electron chi connectivity index (χ1n) is 14.1. The molecule has 1 amide bonds. The van der Waals surface area contributed by atoms with Crippen molar-refractivity contribution in [2.75, 3.05) is 38.2 Å². The quantitative estimate of drug-likeness (QED) is 0.169. The number of carbonyl (C=O) groups excluding carboxylic acids is 1. The van der Waals surface area contributed by atoms with E-state index in [9.17, 15) is 20.1 Å². The van der Waals surface area contributed by atoms with Gasteiger partial charge in [-0.1, -0.05) is 31.0 Å². The summed E-state index contributed by atoms with van der Waals surface area (Å²) in [4.78, 5) is 12.0. The minimum Gasteiger partial charge on any atom is -0.508 e. The van der Waals surface area contributed by atoms with Crippen molar-refractivity contribution < 1.29 is 34.3 Å². The first kappa shape index (κ1) is 30.8. The Bertz CT molecular complexity index is 982. The molecule has 0 saturated heterocycles. The van der Waals surface area contributed by atoms with Gasteiger partial charge in [-0.3, -0.25) is 5.32 Å². The van der Waals surface area contributed by atoms with Crippen LogP contribution in [-0.2, 0) is 27.4 Å². The van der Waals surface area contributed by atoms with Crippen molar-refractivity contribution in [2.24, 2.45) is 0 Å². The van der Waals surface area contributed by atoms with Crippen molar-refractivity contribution in [3.63, 3.8) is 0 Å². The van der Waals surface area contributed by atoms with Crippen molar-refractivity contribution in [3.8, 4) is 5.75 Å². The number of phenols is 1. The van der Waals surface area contributed by atoms with Gasteiger partial charge in [0, 0.05) is 24.4 Å². The maximum atomic E-state index is 12.0. The van der Waals surface area contributed by atoms with Crippen LogP contribution >= 0.6 is 0 Å². The molecule has 0 aliphatic heterocycles. The number of rotatable bonds is 18. The molecule has 0 spiro atoms. The highest BCUT2D eigenvalue weighted by molar-refractivity contribution is 5.84. The predicted octanol–water partition coefficient (Wildman–Crippen LogP) is 4.79. The number of aromatic hydroxyl groups is 1. The van der Waals surface area contributed by atoms with E-state index in [1.54, 1.807) is 12.1 Å². The smallest absolute Gasteiger partial charge is 0.411 e. The van der Waals surface area contributed by atoms with Gasteiger partial charge in [0.1, 0.15) is 11.9 Å². The minimum absolute atomic E-state index is 0.0345. The molecule has 0 bridgehead atoms. The molecule has 0 heterocycles. The molecular formula is C30H44N2O7. The zero-order valence-electron chi connectivity index (χ0n) is 22.8. The zero-order valence-corrected chi connectivity index (χ0v) is 22.8. The third-order valence-corrected chi connectivity index (χ3v) is 6.78. The van der Waals surface area contributed by atoms with Gasteiger partial charge in [-0.2, -0.15) is 0 Å². The van der Waals surface area contributed by atoms with Crippen molar-refractivity contribution in [1.29, 1.82) is 0 Å². The van der Waals surface area contributed by atoms with Gasteiger partial charge in [-0.05, 0) is 80.5 Å². The van der Waals surface area contributed by atoms with Crippen LogP contribution in [0, 0.1) is 0 Å². The second-order valence-electron chi connectivity index (χ2n) is 9.98. The van der Waals surface area contributed by atoms with E-state index in [-0.39, 0.29) is 18.5 Å². The highest BCUT2D eigenvalue weighted by Gasteiger charge is 2.19. The van der Waals surface area contributed by atoms with Gasteiger partial charge >= 0.3 is 6.09 Å². The van der Waals surface area contributed by atoms with Gasteiger partial charge < -0.3 is 34.8 Å². The Morgan fingerprint density at radius 2 is 1.77 bits per heavy atom. The lowest BCUT2D eigenvalue weighted by atomic mass is 10.1. The monoisotopic (exact) mass is 544 g/mol. The third kappa shape index (κ3) is 11.9. The second kappa shape index (κ2) is 17.8. The van der Waals surface area contributed by atoms with E-state index in [2.05, 4.69) is 10.6 Å². The maximum absolute atomic E-state index is 12.0. The van der Waals surface area contributed by atoms with Crippen LogP contribution in [0.4, 0.5) is 10.5 Å². The summed E-state index contributed by atoms with van der Waals surface area (Å²) in [5, 5.41) is 35.2. The molecule has 9 heteroatoms. The third-order valence-electron chi connectivity index (χ3n) is 6.78. The van der Waals surface area contributed by atoms with Gasteiger partial charge in [-0.25, -0.2) is 4.79 Å². The van der Waals surface area contributed by atoms with Crippen LogP contribution in [0.3, 0.4) is 0 Å². The van der Waals surface area contributed by atoms with E-state index >= 15 is 0 Å². The summed E-state index contributed by atoms with van der Waals surface area (Å²) in [5.41, 5.74) is 2.77. The van der Waals surface area contributed by atoms with Crippen molar-refractivity contribution >= 4 is 11.8 Å². The van der Waals surface area contributed by atoms with Crippen molar-refractivity contribution in [2.45, 2.75) is 76.8 Å². The lowest BCUT2D eigenvalue weighted by molar-refractivity contribution is 0.0393. The lowest BCUT2D eigenvalue weighted by Gasteiger charge is -2.14. The van der Waals surface area contributed by atoms with Gasteiger partial charge in [0.05, 0.1) is 32.5 Å². The number of nitrogens with one attached hydrogen (secondary N) is 2. The molecule has 2 aromatic rings. The zero-order chi connectivity index (χ0) is 27.7.